The summed E-state index contributed by atoms with van der Waals surface area (Å²) in [5.41, 5.74) is 3.26. The molecule has 0 aliphatic rings. The van der Waals surface area contributed by atoms with Crippen molar-refractivity contribution in [3.05, 3.63) is 71.5 Å². The lowest BCUT2D eigenvalue weighted by atomic mass is 10.1. The number of aryl methyl sites for hydroxylation is 1. The molecule has 1 aromatic heterocycles. The molecule has 0 aliphatic carbocycles. The Balaban J connectivity index is 1.64. The fraction of sp³-hybridized carbons (Fsp3) is 0.190. The number of aromatic nitrogens is 2. The summed E-state index contributed by atoms with van der Waals surface area (Å²) in [4.78, 5) is 20.7. The molecule has 2 aromatic carbocycles. The third kappa shape index (κ3) is 4.76. The second-order valence-corrected chi connectivity index (χ2v) is 6.15. The Morgan fingerprint density at radius 1 is 1.00 bits per heavy atom. The van der Waals surface area contributed by atoms with Crippen LogP contribution in [0.4, 0.5) is 11.6 Å². The molecule has 0 bridgehead atoms. The van der Waals surface area contributed by atoms with E-state index in [1.807, 2.05) is 31.2 Å². The topological polar surface area (TPSA) is 85.4 Å². The number of benzene rings is 2. The number of carbonyl (C=O) groups excluding carboxylic acids is 1. The van der Waals surface area contributed by atoms with Crippen molar-refractivity contribution in [3.63, 3.8) is 0 Å². The lowest BCUT2D eigenvalue weighted by Gasteiger charge is -2.11. The predicted molar refractivity (Wildman–Crippen MR) is 107 cm³/mol. The summed E-state index contributed by atoms with van der Waals surface area (Å²) in [5, 5.41) is 5.93. The minimum Gasteiger partial charge on any atom is -0.497 e. The predicted octanol–water partition coefficient (Wildman–Crippen LogP) is 3.48. The highest BCUT2D eigenvalue weighted by atomic mass is 16.5. The second kappa shape index (κ2) is 8.85. The van der Waals surface area contributed by atoms with Crippen LogP contribution in [0.3, 0.4) is 0 Å². The highest BCUT2D eigenvalue weighted by Crippen LogP contribution is 2.30. The van der Waals surface area contributed by atoms with Gasteiger partial charge >= 0.3 is 0 Å². The molecule has 0 aliphatic heterocycles. The van der Waals surface area contributed by atoms with Crippen LogP contribution in [0.2, 0.25) is 0 Å². The van der Waals surface area contributed by atoms with Crippen molar-refractivity contribution in [2.24, 2.45) is 0 Å². The van der Waals surface area contributed by atoms with E-state index in [0.29, 0.717) is 35.2 Å². The van der Waals surface area contributed by atoms with Crippen LogP contribution in [0.25, 0.3) is 0 Å². The highest BCUT2D eigenvalue weighted by Gasteiger charge is 2.10. The molecule has 0 fully saturated rings. The Kier molecular flexibility index (Phi) is 6.06. The largest absolute Gasteiger partial charge is 0.497 e. The van der Waals surface area contributed by atoms with Crippen LogP contribution in [0, 0.1) is 6.92 Å². The van der Waals surface area contributed by atoms with E-state index in [9.17, 15) is 4.79 Å². The first-order chi connectivity index (χ1) is 13.6. The van der Waals surface area contributed by atoms with E-state index in [2.05, 4.69) is 20.6 Å². The van der Waals surface area contributed by atoms with Gasteiger partial charge in [-0.05, 0) is 24.6 Å². The van der Waals surface area contributed by atoms with Crippen LogP contribution in [-0.2, 0) is 6.54 Å². The number of ether oxygens (including phenoxy) is 2. The third-order valence-corrected chi connectivity index (χ3v) is 4.14. The Morgan fingerprint density at radius 2 is 1.71 bits per heavy atom. The van der Waals surface area contributed by atoms with Crippen molar-refractivity contribution >= 4 is 17.5 Å². The Hall–Kier alpha value is -3.61. The van der Waals surface area contributed by atoms with Crippen LogP contribution in [-0.4, -0.2) is 30.1 Å². The van der Waals surface area contributed by atoms with Gasteiger partial charge in [-0.2, -0.15) is 0 Å². The molecule has 0 radical (unpaired) electrons. The van der Waals surface area contributed by atoms with Crippen LogP contribution in [0.5, 0.6) is 11.5 Å². The minimum absolute atomic E-state index is 0.230. The van der Waals surface area contributed by atoms with Crippen LogP contribution >= 0.6 is 0 Å². The molecule has 3 rings (SSSR count). The van der Waals surface area contributed by atoms with Gasteiger partial charge in [-0.15, -0.1) is 0 Å². The molecule has 0 spiro atoms. The van der Waals surface area contributed by atoms with E-state index >= 15 is 0 Å². The molecule has 0 unspecified atom stereocenters. The fourth-order valence-corrected chi connectivity index (χ4v) is 2.53. The summed E-state index contributed by atoms with van der Waals surface area (Å²) >= 11 is 0. The maximum Gasteiger partial charge on any atom is 0.254 e. The maximum atomic E-state index is 12.3. The number of nitrogens with zero attached hydrogens (tertiary/aromatic N) is 2. The molecule has 3 aromatic rings. The van der Waals surface area contributed by atoms with Gasteiger partial charge in [-0.3, -0.25) is 4.79 Å². The molecule has 7 nitrogen and oxygen atoms in total. The standard InChI is InChI=1S/C21H22N4O3/c1-14-4-6-15(7-5-14)11-22-20(26)16-12-23-21(24-13-16)25-18-10-17(27-2)8-9-19(18)28-3/h4-10,12-13H,11H2,1-3H3,(H,22,26)(H,23,24,25). The van der Waals surface area contributed by atoms with Crippen LogP contribution in [0.1, 0.15) is 21.5 Å². The summed E-state index contributed by atoms with van der Waals surface area (Å²) in [6, 6.07) is 13.4. The smallest absolute Gasteiger partial charge is 0.254 e. The van der Waals surface area contributed by atoms with E-state index in [4.69, 9.17) is 9.47 Å². The first kappa shape index (κ1) is 19.2. The number of hydrogen-bond acceptors (Lipinski definition) is 6. The Morgan fingerprint density at radius 3 is 2.36 bits per heavy atom. The molecular weight excluding hydrogens is 356 g/mol. The first-order valence-electron chi connectivity index (χ1n) is 8.74. The van der Waals surface area contributed by atoms with Crippen molar-refractivity contribution < 1.29 is 14.3 Å². The zero-order valence-corrected chi connectivity index (χ0v) is 16.0. The van der Waals surface area contributed by atoms with Crippen LogP contribution in [0.15, 0.2) is 54.9 Å². The van der Waals surface area contributed by atoms with Gasteiger partial charge in [0.2, 0.25) is 5.95 Å². The Labute approximate surface area is 163 Å². The van der Waals surface area contributed by atoms with E-state index in [0.717, 1.165) is 5.56 Å². The van der Waals surface area contributed by atoms with Crippen molar-refractivity contribution in [1.29, 1.82) is 0 Å². The summed E-state index contributed by atoms with van der Waals surface area (Å²) in [7, 11) is 3.17. The van der Waals surface area contributed by atoms with Gasteiger partial charge in [0.15, 0.2) is 0 Å². The molecule has 7 heteroatoms. The number of anilines is 2. The van der Waals surface area contributed by atoms with Gasteiger partial charge in [0.05, 0.1) is 25.5 Å². The molecule has 1 amide bonds. The van der Waals surface area contributed by atoms with Gasteiger partial charge in [0, 0.05) is 25.0 Å². The molecular formula is C21H22N4O3. The van der Waals surface area contributed by atoms with Gasteiger partial charge < -0.3 is 20.1 Å². The van der Waals surface area contributed by atoms with Gasteiger partial charge in [-0.1, -0.05) is 29.8 Å². The van der Waals surface area contributed by atoms with E-state index < -0.39 is 0 Å². The van der Waals surface area contributed by atoms with Crippen molar-refractivity contribution in [2.75, 3.05) is 19.5 Å². The summed E-state index contributed by atoms with van der Waals surface area (Å²) in [6.45, 7) is 2.47. The molecule has 0 atom stereocenters. The average Bonchev–Trinajstić information content (AvgIpc) is 2.73. The van der Waals surface area contributed by atoms with Crippen molar-refractivity contribution in [3.8, 4) is 11.5 Å². The Bertz CT molecular complexity index is 941. The van der Waals surface area contributed by atoms with Gasteiger partial charge in [-0.25, -0.2) is 9.97 Å². The maximum absolute atomic E-state index is 12.3. The lowest BCUT2D eigenvalue weighted by Crippen LogP contribution is -2.23. The molecule has 144 valence electrons. The zero-order chi connectivity index (χ0) is 19.9. The molecule has 0 saturated heterocycles. The molecule has 0 saturated carbocycles. The lowest BCUT2D eigenvalue weighted by molar-refractivity contribution is 0.0950. The van der Waals surface area contributed by atoms with Crippen LogP contribution < -0.4 is 20.1 Å². The summed E-state index contributed by atoms with van der Waals surface area (Å²) in [6.07, 6.45) is 2.96. The summed E-state index contributed by atoms with van der Waals surface area (Å²) < 4.78 is 10.5. The average molecular weight is 378 g/mol. The first-order valence-corrected chi connectivity index (χ1v) is 8.74. The number of rotatable bonds is 7. The minimum atomic E-state index is -0.230. The van der Waals surface area contributed by atoms with E-state index in [1.165, 1.54) is 18.0 Å². The number of hydrogen-bond donors (Lipinski definition) is 2. The molecule has 2 N–H and O–H groups in total. The van der Waals surface area contributed by atoms with Crippen molar-refractivity contribution in [2.45, 2.75) is 13.5 Å². The number of amides is 1. The number of nitrogens with one attached hydrogen (secondary N) is 2. The van der Waals surface area contributed by atoms with Gasteiger partial charge in [0.25, 0.3) is 5.91 Å². The monoisotopic (exact) mass is 378 g/mol. The zero-order valence-electron chi connectivity index (χ0n) is 16.0. The SMILES string of the molecule is COc1ccc(OC)c(Nc2ncc(C(=O)NCc3ccc(C)cc3)cn2)c1. The quantitative estimate of drug-likeness (QED) is 0.655. The third-order valence-electron chi connectivity index (χ3n) is 4.14. The van der Waals surface area contributed by atoms with Crippen molar-refractivity contribution in [1.82, 2.24) is 15.3 Å². The number of carbonyl (C=O) groups is 1. The fourth-order valence-electron chi connectivity index (χ4n) is 2.53. The highest BCUT2D eigenvalue weighted by molar-refractivity contribution is 5.93. The number of methoxy groups -OCH3 is 2. The molecule has 28 heavy (non-hydrogen) atoms. The second-order valence-electron chi connectivity index (χ2n) is 6.15. The normalized spacial score (nSPS) is 10.2. The van der Waals surface area contributed by atoms with Gasteiger partial charge in [0.1, 0.15) is 11.5 Å². The van der Waals surface area contributed by atoms with E-state index in [-0.39, 0.29) is 5.91 Å². The molecule has 1 heterocycles. The summed E-state index contributed by atoms with van der Waals surface area (Å²) in [5.74, 6) is 1.42. The van der Waals surface area contributed by atoms with E-state index in [1.54, 1.807) is 32.4 Å².